The molecule has 152 valence electrons. The van der Waals surface area contributed by atoms with Gasteiger partial charge in [0, 0.05) is 25.1 Å². The second kappa shape index (κ2) is 15.8. The lowest BCUT2D eigenvalue weighted by Crippen LogP contribution is -2.47. The Morgan fingerprint density at radius 1 is 0.962 bits per heavy atom. The van der Waals surface area contributed by atoms with Gasteiger partial charge in [-0.2, -0.15) is 0 Å². The number of hydrogen-bond donors (Lipinski definition) is 3. The number of carbonyl (C=O) groups is 2. The van der Waals surface area contributed by atoms with E-state index in [0.717, 1.165) is 31.4 Å². The monoisotopic (exact) mass is 371 g/mol. The summed E-state index contributed by atoms with van der Waals surface area (Å²) >= 11 is 0. The third kappa shape index (κ3) is 14.9. The number of esters is 1. The van der Waals surface area contributed by atoms with Crippen LogP contribution in [0.15, 0.2) is 12.2 Å². The lowest BCUT2D eigenvalue weighted by Gasteiger charge is -2.30. The average Bonchev–Trinajstić information content (AvgIpc) is 2.60. The number of nitrogens with one attached hydrogen (secondary N) is 1. The summed E-state index contributed by atoms with van der Waals surface area (Å²) in [6, 6.07) is 0. The van der Waals surface area contributed by atoms with Crippen LogP contribution in [0.3, 0.4) is 0 Å². The maximum atomic E-state index is 11.7. The van der Waals surface area contributed by atoms with Crippen LogP contribution in [0.4, 0.5) is 0 Å². The van der Waals surface area contributed by atoms with Crippen LogP contribution in [0.1, 0.15) is 84.5 Å². The summed E-state index contributed by atoms with van der Waals surface area (Å²) in [5, 5.41) is 20.6. The quantitative estimate of drug-likeness (QED) is 0.156. The van der Waals surface area contributed by atoms with Gasteiger partial charge in [0.1, 0.15) is 0 Å². The number of unbranched alkanes of at least 4 members (excludes halogenated alkanes) is 9. The summed E-state index contributed by atoms with van der Waals surface area (Å²) in [5.74, 6) is -1.89. The van der Waals surface area contributed by atoms with Crippen LogP contribution < -0.4 is 5.32 Å². The van der Waals surface area contributed by atoms with Crippen molar-refractivity contribution in [1.82, 2.24) is 5.32 Å². The molecule has 0 saturated carbocycles. The SMILES string of the molecule is CCCCCCCCCCCCC(C)(NCCO)OC(=O)/C=C\C(=O)O. The first-order chi connectivity index (χ1) is 12.4. The average molecular weight is 372 g/mol. The van der Waals surface area contributed by atoms with Crippen molar-refractivity contribution in [2.45, 2.75) is 90.2 Å². The molecule has 0 radical (unpaired) electrons. The van der Waals surface area contributed by atoms with Gasteiger partial charge in [-0.1, -0.05) is 64.7 Å². The van der Waals surface area contributed by atoms with Crippen LogP contribution in [0.25, 0.3) is 0 Å². The van der Waals surface area contributed by atoms with Crippen LogP contribution in [0.2, 0.25) is 0 Å². The van der Waals surface area contributed by atoms with Crippen molar-refractivity contribution in [2.75, 3.05) is 13.2 Å². The number of aliphatic carboxylic acids is 1. The summed E-state index contributed by atoms with van der Waals surface area (Å²) in [6.45, 7) is 4.23. The second-order valence-corrected chi connectivity index (χ2v) is 6.91. The van der Waals surface area contributed by atoms with Gasteiger partial charge in [0.05, 0.1) is 6.61 Å². The molecule has 0 spiro atoms. The Morgan fingerprint density at radius 3 is 2.00 bits per heavy atom. The minimum atomic E-state index is -1.19. The van der Waals surface area contributed by atoms with Crippen LogP contribution in [-0.2, 0) is 14.3 Å². The molecule has 0 rings (SSSR count). The molecule has 1 atom stereocenters. The maximum Gasteiger partial charge on any atom is 0.332 e. The number of carboxylic acid groups (broad SMARTS) is 1. The highest BCUT2D eigenvalue weighted by Gasteiger charge is 2.26. The molecule has 0 aromatic carbocycles. The molecule has 0 bridgehead atoms. The fourth-order valence-corrected chi connectivity index (χ4v) is 2.84. The molecule has 0 aromatic heterocycles. The molecular formula is C20H37NO5. The summed E-state index contributed by atoms with van der Waals surface area (Å²) < 4.78 is 5.36. The van der Waals surface area contributed by atoms with Gasteiger partial charge in [-0.25, -0.2) is 9.59 Å². The topological polar surface area (TPSA) is 95.9 Å². The lowest BCUT2D eigenvalue weighted by molar-refractivity contribution is -0.156. The predicted octanol–water partition coefficient (Wildman–Crippen LogP) is 3.78. The number of aliphatic hydroxyl groups is 1. The molecule has 0 aromatic rings. The lowest BCUT2D eigenvalue weighted by atomic mass is 10.0. The first-order valence-electron chi connectivity index (χ1n) is 9.93. The van der Waals surface area contributed by atoms with E-state index in [2.05, 4.69) is 12.2 Å². The van der Waals surface area contributed by atoms with E-state index in [-0.39, 0.29) is 6.61 Å². The summed E-state index contributed by atoms with van der Waals surface area (Å²) in [6.07, 6.45) is 14.5. The van der Waals surface area contributed by atoms with Crippen molar-refractivity contribution in [3.05, 3.63) is 12.2 Å². The molecule has 1 unspecified atom stereocenters. The molecule has 0 fully saturated rings. The number of hydrogen-bond acceptors (Lipinski definition) is 5. The van der Waals surface area contributed by atoms with Gasteiger partial charge in [0.15, 0.2) is 5.72 Å². The smallest absolute Gasteiger partial charge is 0.332 e. The third-order valence-corrected chi connectivity index (χ3v) is 4.31. The largest absolute Gasteiger partial charge is 0.478 e. The van der Waals surface area contributed by atoms with Crippen molar-refractivity contribution < 1.29 is 24.5 Å². The van der Waals surface area contributed by atoms with Gasteiger partial charge in [0.2, 0.25) is 0 Å². The standard InChI is InChI=1S/C20H37NO5/c1-3-4-5-6-7-8-9-10-11-12-15-20(2,21-16-17-22)26-19(25)14-13-18(23)24/h13-14,21-22H,3-12,15-17H2,1-2H3,(H,23,24)/b14-13-. The Hall–Kier alpha value is -1.40. The Kier molecular flexibility index (Phi) is 15.0. The summed E-state index contributed by atoms with van der Waals surface area (Å²) in [5.41, 5.74) is -0.900. The van der Waals surface area contributed by atoms with Crippen LogP contribution >= 0.6 is 0 Å². The van der Waals surface area contributed by atoms with Crippen molar-refractivity contribution in [3.8, 4) is 0 Å². The number of aliphatic hydroxyl groups excluding tert-OH is 1. The van der Waals surface area contributed by atoms with Gasteiger partial charge < -0.3 is 14.9 Å². The number of rotatable bonds is 17. The number of carboxylic acids is 1. The second-order valence-electron chi connectivity index (χ2n) is 6.91. The highest BCUT2D eigenvalue weighted by atomic mass is 16.6. The zero-order valence-electron chi connectivity index (χ0n) is 16.5. The van der Waals surface area contributed by atoms with E-state index in [9.17, 15) is 9.59 Å². The normalized spacial score (nSPS) is 13.7. The van der Waals surface area contributed by atoms with Gasteiger partial charge >= 0.3 is 11.9 Å². The zero-order chi connectivity index (χ0) is 19.7. The molecule has 6 heteroatoms. The van der Waals surface area contributed by atoms with Crippen LogP contribution in [-0.4, -0.2) is 41.0 Å². The third-order valence-electron chi connectivity index (χ3n) is 4.31. The van der Waals surface area contributed by atoms with E-state index < -0.39 is 17.7 Å². The Bertz CT molecular complexity index is 411. The van der Waals surface area contributed by atoms with Crippen molar-refractivity contribution in [2.24, 2.45) is 0 Å². The molecule has 0 aliphatic carbocycles. The summed E-state index contributed by atoms with van der Waals surface area (Å²) in [4.78, 5) is 22.2. The Balaban J connectivity index is 4.05. The molecule has 0 aliphatic heterocycles. The van der Waals surface area contributed by atoms with E-state index in [1.54, 1.807) is 6.92 Å². The van der Waals surface area contributed by atoms with E-state index in [1.165, 1.54) is 44.9 Å². The molecule has 0 aliphatic rings. The highest BCUT2D eigenvalue weighted by molar-refractivity contribution is 5.90. The summed E-state index contributed by atoms with van der Waals surface area (Å²) in [7, 11) is 0. The fraction of sp³-hybridized carbons (Fsp3) is 0.800. The number of carbonyl (C=O) groups excluding carboxylic acids is 1. The zero-order valence-corrected chi connectivity index (χ0v) is 16.5. The van der Waals surface area contributed by atoms with Gasteiger partial charge in [-0.05, 0) is 13.3 Å². The molecule has 0 saturated heterocycles. The van der Waals surface area contributed by atoms with E-state index >= 15 is 0 Å². The van der Waals surface area contributed by atoms with Crippen LogP contribution in [0.5, 0.6) is 0 Å². The molecule has 6 nitrogen and oxygen atoms in total. The molecule has 3 N–H and O–H groups in total. The Labute approximate surface area is 158 Å². The van der Waals surface area contributed by atoms with Crippen molar-refractivity contribution >= 4 is 11.9 Å². The highest BCUT2D eigenvalue weighted by Crippen LogP contribution is 2.18. The van der Waals surface area contributed by atoms with E-state index in [0.29, 0.717) is 13.0 Å². The van der Waals surface area contributed by atoms with Gasteiger partial charge in [-0.3, -0.25) is 5.32 Å². The molecule has 26 heavy (non-hydrogen) atoms. The first kappa shape index (κ1) is 24.6. The first-order valence-corrected chi connectivity index (χ1v) is 9.93. The van der Waals surface area contributed by atoms with E-state index in [4.69, 9.17) is 14.9 Å². The molecule has 0 amide bonds. The minimum Gasteiger partial charge on any atom is -0.478 e. The van der Waals surface area contributed by atoms with Gasteiger partial charge in [-0.15, -0.1) is 0 Å². The van der Waals surface area contributed by atoms with Gasteiger partial charge in [0.25, 0.3) is 0 Å². The molecular weight excluding hydrogens is 334 g/mol. The van der Waals surface area contributed by atoms with Crippen molar-refractivity contribution in [3.63, 3.8) is 0 Å². The minimum absolute atomic E-state index is 0.0594. The van der Waals surface area contributed by atoms with Crippen molar-refractivity contribution in [1.29, 1.82) is 0 Å². The van der Waals surface area contributed by atoms with Crippen LogP contribution in [0, 0.1) is 0 Å². The maximum absolute atomic E-state index is 11.7. The Morgan fingerprint density at radius 2 is 1.50 bits per heavy atom. The molecule has 0 heterocycles. The predicted molar refractivity (Wildman–Crippen MR) is 103 cm³/mol. The van der Waals surface area contributed by atoms with E-state index in [1.807, 2.05) is 0 Å². The fourth-order valence-electron chi connectivity index (χ4n) is 2.84. The number of ether oxygens (including phenoxy) is 1.